The van der Waals surface area contributed by atoms with Crippen molar-refractivity contribution in [3.63, 3.8) is 0 Å². The molecule has 0 aliphatic heterocycles. The van der Waals surface area contributed by atoms with Gasteiger partial charge in [-0.25, -0.2) is 9.59 Å². The average Bonchev–Trinajstić information content (AvgIpc) is 3.50. The molecule has 3 rings (SSSR count). The normalized spacial score (nSPS) is 11.5. The van der Waals surface area contributed by atoms with Crippen molar-refractivity contribution in [3.05, 3.63) is 57.7 Å². The van der Waals surface area contributed by atoms with E-state index >= 15 is 0 Å². The highest BCUT2D eigenvalue weighted by Crippen LogP contribution is 2.35. The van der Waals surface area contributed by atoms with Gasteiger partial charge in [0.05, 0.1) is 37.0 Å². The van der Waals surface area contributed by atoms with Crippen molar-refractivity contribution in [2.75, 3.05) is 18.5 Å². The summed E-state index contributed by atoms with van der Waals surface area (Å²) in [6.07, 6.45) is 2.07. The molecular weight excluding hydrogens is 578 g/mol. The van der Waals surface area contributed by atoms with Crippen LogP contribution in [0.15, 0.2) is 35.5 Å². The topological polar surface area (TPSA) is 142 Å². The van der Waals surface area contributed by atoms with Gasteiger partial charge in [-0.3, -0.25) is 9.59 Å². The second kappa shape index (κ2) is 16.1. The van der Waals surface area contributed by atoms with Gasteiger partial charge in [0.2, 0.25) is 11.8 Å². The lowest BCUT2D eigenvalue weighted by Gasteiger charge is -2.14. The van der Waals surface area contributed by atoms with Crippen molar-refractivity contribution in [2.45, 2.75) is 77.4 Å². The van der Waals surface area contributed by atoms with Crippen molar-refractivity contribution in [3.8, 4) is 0 Å². The Hall–Kier alpha value is -3.71. The number of thioether (sulfide) groups is 1. The first kappa shape index (κ1) is 32.8. The summed E-state index contributed by atoms with van der Waals surface area (Å²) in [5.41, 5.74) is 1.45. The molecule has 42 heavy (non-hydrogen) atoms. The summed E-state index contributed by atoms with van der Waals surface area (Å²) in [5.74, 6) is -1.11. The van der Waals surface area contributed by atoms with E-state index < -0.39 is 17.2 Å². The van der Waals surface area contributed by atoms with Crippen LogP contribution in [0.4, 0.5) is 5.00 Å². The lowest BCUT2D eigenvalue weighted by Crippen LogP contribution is -2.26. The summed E-state index contributed by atoms with van der Waals surface area (Å²) in [6, 6.07) is 9.48. The fraction of sp³-hybridized carbons (Fsp3) is 0.448. The van der Waals surface area contributed by atoms with Gasteiger partial charge in [0, 0.05) is 6.54 Å². The van der Waals surface area contributed by atoms with Gasteiger partial charge in [-0.2, -0.15) is 0 Å². The number of thiophene rings is 1. The van der Waals surface area contributed by atoms with Crippen LogP contribution < -0.4 is 10.6 Å². The second-order valence-corrected chi connectivity index (χ2v) is 11.6. The van der Waals surface area contributed by atoms with E-state index in [9.17, 15) is 19.2 Å². The van der Waals surface area contributed by atoms with E-state index in [1.54, 1.807) is 27.7 Å². The van der Waals surface area contributed by atoms with Crippen molar-refractivity contribution in [1.29, 1.82) is 0 Å². The third kappa shape index (κ3) is 8.65. The van der Waals surface area contributed by atoms with Crippen LogP contribution in [0.25, 0.3) is 0 Å². The minimum atomic E-state index is -0.629. The van der Waals surface area contributed by atoms with E-state index in [0.717, 1.165) is 29.7 Å². The van der Waals surface area contributed by atoms with Crippen LogP contribution in [0.2, 0.25) is 0 Å². The van der Waals surface area contributed by atoms with Crippen molar-refractivity contribution < 1.29 is 28.7 Å². The highest BCUT2D eigenvalue weighted by Gasteiger charge is 2.29. The summed E-state index contributed by atoms with van der Waals surface area (Å²) < 4.78 is 12.2. The highest BCUT2D eigenvalue weighted by atomic mass is 32.2. The molecule has 0 saturated carbocycles. The number of benzene rings is 1. The number of carbonyl (C=O) groups is 4. The van der Waals surface area contributed by atoms with E-state index in [1.165, 1.54) is 11.8 Å². The molecule has 0 aliphatic rings. The molecule has 0 bridgehead atoms. The predicted octanol–water partition coefficient (Wildman–Crippen LogP) is 4.78. The molecule has 0 saturated heterocycles. The van der Waals surface area contributed by atoms with E-state index in [0.29, 0.717) is 23.1 Å². The molecule has 226 valence electrons. The average molecular weight is 616 g/mol. The Morgan fingerprint density at radius 1 is 1.02 bits per heavy atom. The largest absolute Gasteiger partial charge is 0.462 e. The minimum absolute atomic E-state index is 0.126. The van der Waals surface area contributed by atoms with Crippen LogP contribution in [0, 0.1) is 6.92 Å². The number of rotatable bonds is 15. The maximum absolute atomic E-state index is 13.3. The molecule has 11 nitrogen and oxygen atoms in total. The Morgan fingerprint density at radius 3 is 2.38 bits per heavy atom. The first-order chi connectivity index (χ1) is 20.2. The van der Waals surface area contributed by atoms with Crippen LogP contribution >= 0.6 is 23.1 Å². The molecule has 2 aromatic heterocycles. The van der Waals surface area contributed by atoms with Crippen molar-refractivity contribution in [2.24, 2.45) is 0 Å². The van der Waals surface area contributed by atoms with Gasteiger partial charge in [-0.05, 0) is 45.2 Å². The monoisotopic (exact) mass is 615 g/mol. The zero-order valence-electron chi connectivity index (χ0n) is 24.5. The molecule has 0 aliphatic carbocycles. The molecule has 2 heterocycles. The van der Waals surface area contributed by atoms with Gasteiger partial charge in [-0.1, -0.05) is 55.4 Å². The molecule has 0 fully saturated rings. The Labute approximate surface area is 253 Å². The van der Waals surface area contributed by atoms with E-state index in [4.69, 9.17) is 9.47 Å². The van der Waals surface area contributed by atoms with Crippen molar-refractivity contribution >= 4 is 51.9 Å². The number of ether oxygens (including phenoxy) is 2. The number of carbonyl (C=O) groups excluding carboxylic acids is 4. The fourth-order valence-electron chi connectivity index (χ4n) is 3.97. The lowest BCUT2D eigenvalue weighted by atomic mass is 10.1. The van der Waals surface area contributed by atoms with E-state index in [1.807, 2.05) is 34.9 Å². The number of anilines is 1. The Morgan fingerprint density at radius 2 is 1.71 bits per heavy atom. The summed E-state index contributed by atoms with van der Waals surface area (Å²) in [6.45, 7) is 9.95. The quantitative estimate of drug-likeness (QED) is 0.182. The number of unbranched alkanes of at least 4 members (excludes halogenated alkanes) is 1. The number of amides is 2. The van der Waals surface area contributed by atoms with Crippen LogP contribution in [0.1, 0.15) is 77.5 Å². The fourth-order valence-corrected chi connectivity index (χ4v) is 5.95. The van der Waals surface area contributed by atoms with Gasteiger partial charge >= 0.3 is 11.9 Å². The van der Waals surface area contributed by atoms with Gasteiger partial charge in [0.25, 0.3) is 0 Å². The number of esters is 2. The number of aromatic nitrogens is 3. The lowest BCUT2D eigenvalue weighted by molar-refractivity contribution is -0.120. The Kier molecular flexibility index (Phi) is 12.5. The first-order valence-electron chi connectivity index (χ1n) is 13.9. The van der Waals surface area contributed by atoms with Crippen LogP contribution in [0.5, 0.6) is 0 Å². The van der Waals surface area contributed by atoms with E-state index in [2.05, 4.69) is 27.8 Å². The van der Waals surface area contributed by atoms with Gasteiger partial charge in [0.1, 0.15) is 9.88 Å². The molecule has 1 aromatic carbocycles. The summed E-state index contributed by atoms with van der Waals surface area (Å²) >= 11 is 2.20. The summed E-state index contributed by atoms with van der Waals surface area (Å²) in [5, 5.41) is 14.4. The smallest absolute Gasteiger partial charge is 0.348 e. The van der Waals surface area contributed by atoms with Gasteiger partial charge in [0.15, 0.2) is 11.0 Å². The van der Waals surface area contributed by atoms with Crippen LogP contribution in [-0.2, 0) is 38.6 Å². The molecule has 0 radical (unpaired) electrons. The van der Waals surface area contributed by atoms with Crippen LogP contribution in [0.3, 0.4) is 0 Å². The van der Waals surface area contributed by atoms with Gasteiger partial charge in [-0.15, -0.1) is 21.5 Å². The first-order valence-corrected chi connectivity index (χ1v) is 15.6. The molecule has 2 amide bonds. The second-order valence-electron chi connectivity index (χ2n) is 9.29. The Balaban J connectivity index is 1.74. The predicted molar refractivity (Wildman–Crippen MR) is 162 cm³/mol. The third-order valence-electron chi connectivity index (χ3n) is 6.16. The van der Waals surface area contributed by atoms with Crippen LogP contribution in [-0.4, -0.2) is 57.0 Å². The molecule has 13 heteroatoms. The minimum Gasteiger partial charge on any atom is -0.462 e. The standard InChI is InChI=1S/C29H37N5O6S2/c1-6-9-15-34-21(17-30-22(35)16-20-13-11-10-12-14-20)32-33-29(34)41-19(5)25(36)31-26-23(27(37)39-7-2)18(4)24(42-26)28(38)40-8-3/h10-14,19H,6-9,15-17H2,1-5H3,(H,30,35)(H,31,36). The third-order valence-corrected chi connectivity index (χ3v) is 8.42. The number of nitrogens with zero attached hydrogens (tertiary/aromatic N) is 3. The number of nitrogens with one attached hydrogen (secondary N) is 2. The van der Waals surface area contributed by atoms with Crippen molar-refractivity contribution in [1.82, 2.24) is 20.1 Å². The summed E-state index contributed by atoms with van der Waals surface area (Å²) in [7, 11) is 0. The molecule has 1 atom stereocenters. The molecule has 3 aromatic rings. The Bertz CT molecular complexity index is 1390. The zero-order chi connectivity index (χ0) is 30.6. The molecular formula is C29H37N5O6S2. The zero-order valence-corrected chi connectivity index (χ0v) is 26.2. The van der Waals surface area contributed by atoms with E-state index in [-0.39, 0.29) is 53.4 Å². The molecule has 2 N–H and O–H groups in total. The maximum atomic E-state index is 13.3. The molecule has 1 unspecified atom stereocenters. The molecule has 0 spiro atoms. The van der Waals surface area contributed by atoms with Gasteiger partial charge < -0.3 is 24.7 Å². The number of hydrogen-bond acceptors (Lipinski definition) is 10. The maximum Gasteiger partial charge on any atom is 0.348 e. The highest BCUT2D eigenvalue weighted by molar-refractivity contribution is 8.00. The SMILES string of the molecule is CCCCn1c(CNC(=O)Cc2ccccc2)nnc1SC(C)C(=O)Nc1sc(C(=O)OCC)c(C)c1C(=O)OCC. The number of hydrogen-bond donors (Lipinski definition) is 2. The summed E-state index contributed by atoms with van der Waals surface area (Å²) in [4.78, 5) is 51.2.